The third-order valence-electron chi connectivity index (χ3n) is 2.92. The summed E-state index contributed by atoms with van der Waals surface area (Å²) in [5, 5.41) is 1.27. The van der Waals surface area contributed by atoms with Gasteiger partial charge in [0.2, 0.25) is 0 Å². The smallest absolute Gasteiger partial charge is 0.129 e. The zero-order valence-electron chi connectivity index (χ0n) is 9.33. The van der Waals surface area contributed by atoms with E-state index in [4.69, 9.17) is 16.3 Å². The molecule has 1 fully saturated rings. The van der Waals surface area contributed by atoms with Crippen molar-refractivity contribution in [1.82, 2.24) is 4.90 Å². The molecule has 17 heavy (non-hydrogen) atoms. The SMILES string of the molecule is Fc1cc(Cl)ccc1CN1CCOCC1CBr. The van der Waals surface area contributed by atoms with E-state index in [1.165, 1.54) is 6.07 Å². The van der Waals surface area contributed by atoms with Crippen LogP contribution in [0.1, 0.15) is 5.56 Å². The largest absolute Gasteiger partial charge is 0.378 e. The van der Waals surface area contributed by atoms with Gasteiger partial charge in [0.05, 0.1) is 13.2 Å². The van der Waals surface area contributed by atoms with Crippen LogP contribution in [0.15, 0.2) is 18.2 Å². The molecular formula is C12H14BrClFNO. The van der Waals surface area contributed by atoms with Crippen molar-refractivity contribution in [2.45, 2.75) is 12.6 Å². The molecule has 0 aliphatic carbocycles. The Morgan fingerprint density at radius 1 is 1.53 bits per heavy atom. The van der Waals surface area contributed by atoms with Crippen molar-refractivity contribution in [2.75, 3.05) is 25.1 Å². The molecule has 1 atom stereocenters. The Labute approximate surface area is 114 Å². The quantitative estimate of drug-likeness (QED) is 0.793. The zero-order valence-corrected chi connectivity index (χ0v) is 11.7. The van der Waals surface area contributed by atoms with Gasteiger partial charge in [0.15, 0.2) is 0 Å². The second kappa shape index (κ2) is 6.14. The van der Waals surface area contributed by atoms with Crippen molar-refractivity contribution < 1.29 is 9.13 Å². The first-order chi connectivity index (χ1) is 8.20. The van der Waals surface area contributed by atoms with Crippen LogP contribution in [0.25, 0.3) is 0 Å². The number of nitrogens with zero attached hydrogens (tertiary/aromatic N) is 1. The molecule has 2 rings (SSSR count). The molecule has 1 aromatic rings. The molecule has 0 amide bonds. The highest BCUT2D eigenvalue weighted by Crippen LogP contribution is 2.19. The van der Waals surface area contributed by atoms with E-state index < -0.39 is 0 Å². The maximum absolute atomic E-state index is 13.7. The van der Waals surface area contributed by atoms with Gasteiger partial charge in [-0.15, -0.1) is 0 Å². The summed E-state index contributed by atoms with van der Waals surface area (Å²) in [5.41, 5.74) is 0.683. The van der Waals surface area contributed by atoms with Crippen molar-refractivity contribution in [1.29, 1.82) is 0 Å². The Balaban J connectivity index is 2.08. The first kappa shape index (κ1) is 13.3. The highest BCUT2D eigenvalue weighted by atomic mass is 79.9. The van der Waals surface area contributed by atoms with E-state index in [1.54, 1.807) is 12.1 Å². The fourth-order valence-electron chi connectivity index (χ4n) is 1.91. The van der Waals surface area contributed by atoms with Crippen molar-refractivity contribution in [3.8, 4) is 0 Å². The Bertz CT molecular complexity index is 391. The van der Waals surface area contributed by atoms with Gasteiger partial charge in [-0.3, -0.25) is 4.90 Å². The lowest BCUT2D eigenvalue weighted by Crippen LogP contribution is -2.45. The van der Waals surface area contributed by atoms with E-state index in [9.17, 15) is 4.39 Å². The molecule has 94 valence electrons. The van der Waals surface area contributed by atoms with Crippen LogP contribution in [0.5, 0.6) is 0 Å². The van der Waals surface area contributed by atoms with Crippen LogP contribution < -0.4 is 0 Å². The molecule has 5 heteroatoms. The van der Waals surface area contributed by atoms with Gasteiger partial charge in [0, 0.05) is 35.0 Å². The summed E-state index contributed by atoms with van der Waals surface area (Å²) in [6.45, 7) is 2.83. The molecule has 1 aliphatic rings. The number of hydrogen-bond donors (Lipinski definition) is 0. The van der Waals surface area contributed by atoms with Crippen LogP contribution in [0.4, 0.5) is 4.39 Å². The molecule has 0 bridgehead atoms. The van der Waals surface area contributed by atoms with Crippen molar-refractivity contribution >= 4 is 27.5 Å². The fraction of sp³-hybridized carbons (Fsp3) is 0.500. The highest BCUT2D eigenvalue weighted by molar-refractivity contribution is 9.09. The third-order valence-corrected chi connectivity index (χ3v) is 3.90. The average Bonchev–Trinajstić information content (AvgIpc) is 2.33. The Morgan fingerprint density at radius 2 is 2.35 bits per heavy atom. The molecule has 1 saturated heterocycles. The molecule has 1 aromatic carbocycles. The standard InChI is InChI=1S/C12H14BrClFNO/c13-6-11-8-17-4-3-16(11)7-9-1-2-10(14)5-12(9)15/h1-2,5,11H,3-4,6-8H2. The number of hydrogen-bond acceptors (Lipinski definition) is 2. The Kier molecular flexibility index (Phi) is 4.79. The summed E-state index contributed by atoms with van der Waals surface area (Å²) >= 11 is 9.19. The van der Waals surface area contributed by atoms with E-state index in [-0.39, 0.29) is 5.82 Å². The van der Waals surface area contributed by atoms with Gasteiger partial charge in [-0.05, 0) is 12.1 Å². The minimum Gasteiger partial charge on any atom is -0.378 e. The molecule has 0 radical (unpaired) electrons. The van der Waals surface area contributed by atoms with Gasteiger partial charge < -0.3 is 4.74 Å². The minimum absolute atomic E-state index is 0.239. The summed E-state index contributed by atoms with van der Waals surface area (Å²) in [6.07, 6.45) is 0. The van der Waals surface area contributed by atoms with Gasteiger partial charge in [-0.1, -0.05) is 33.6 Å². The van der Waals surface area contributed by atoms with Gasteiger partial charge in [-0.25, -0.2) is 4.39 Å². The molecular weight excluding hydrogens is 308 g/mol. The Morgan fingerprint density at radius 3 is 3.06 bits per heavy atom. The fourth-order valence-corrected chi connectivity index (χ4v) is 2.66. The number of benzene rings is 1. The second-order valence-corrected chi connectivity index (χ2v) is 5.17. The van der Waals surface area contributed by atoms with Gasteiger partial charge in [0.25, 0.3) is 0 Å². The summed E-state index contributed by atoms with van der Waals surface area (Å²) in [5.74, 6) is -0.239. The maximum atomic E-state index is 13.7. The summed E-state index contributed by atoms with van der Waals surface area (Å²) in [4.78, 5) is 2.23. The van der Waals surface area contributed by atoms with E-state index in [2.05, 4.69) is 20.8 Å². The number of alkyl halides is 1. The molecule has 1 aliphatic heterocycles. The molecule has 0 aromatic heterocycles. The molecule has 0 saturated carbocycles. The topological polar surface area (TPSA) is 12.5 Å². The first-order valence-corrected chi connectivity index (χ1v) is 7.02. The normalized spacial score (nSPS) is 21.7. The van der Waals surface area contributed by atoms with Crippen LogP contribution in [0, 0.1) is 5.82 Å². The van der Waals surface area contributed by atoms with Crippen molar-refractivity contribution in [2.24, 2.45) is 0 Å². The molecule has 2 nitrogen and oxygen atoms in total. The average molecular weight is 323 g/mol. The van der Waals surface area contributed by atoms with E-state index in [1.807, 2.05) is 0 Å². The number of halogens is 3. The molecule has 1 heterocycles. The predicted octanol–water partition coefficient (Wildman–Crippen LogP) is 3.07. The van der Waals surface area contributed by atoms with Crippen molar-refractivity contribution in [3.63, 3.8) is 0 Å². The minimum atomic E-state index is -0.239. The Hall–Kier alpha value is -0.160. The zero-order chi connectivity index (χ0) is 12.3. The maximum Gasteiger partial charge on any atom is 0.129 e. The van der Waals surface area contributed by atoms with Crippen LogP contribution >= 0.6 is 27.5 Å². The second-order valence-electron chi connectivity index (χ2n) is 4.09. The van der Waals surface area contributed by atoms with Crippen molar-refractivity contribution in [3.05, 3.63) is 34.6 Å². The van der Waals surface area contributed by atoms with Crippen LogP contribution in [0.3, 0.4) is 0 Å². The lowest BCUT2D eigenvalue weighted by molar-refractivity contribution is -0.00256. The summed E-state index contributed by atoms with van der Waals surface area (Å²) in [6, 6.07) is 5.14. The van der Waals surface area contributed by atoms with Gasteiger partial charge in [0.1, 0.15) is 5.82 Å². The molecule has 1 unspecified atom stereocenters. The van der Waals surface area contributed by atoms with E-state index >= 15 is 0 Å². The summed E-state index contributed by atoms with van der Waals surface area (Å²) in [7, 11) is 0. The number of morpholine rings is 1. The third kappa shape index (κ3) is 3.41. The van der Waals surface area contributed by atoms with E-state index in [0.29, 0.717) is 36.4 Å². The number of rotatable bonds is 3. The first-order valence-electron chi connectivity index (χ1n) is 5.52. The molecule has 0 N–H and O–H groups in total. The monoisotopic (exact) mass is 321 g/mol. The van der Waals surface area contributed by atoms with Crippen LogP contribution in [0.2, 0.25) is 5.02 Å². The lowest BCUT2D eigenvalue weighted by Gasteiger charge is -2.34. The molecule has 0 spiro atoms. The lowest BCUT2D eigenvalue weighted by atomic mass is 10.1. The highest BCUT2D eigenvalue weighted by Gasteiger charge is 2.22. The number of ether oxygens (including phenoxy) is 1. The summed E-state index contributed by atoms with van der Waals surface area (Å²) < 4.78 is 19.1. The van der Waals surface area contributed by atoms with Gasteiger partial charge in [-0.2, -0.15) is 0 Å². The van der Waals surface area contributed by atoms with Gasteiger partial charge >= 0.3 is 0 Å². The van der Waals surface area contributed by atoms with E-state index in [0.717, 1.165) is 11.9 Å². The predicted molar refractivity (Wildman–Crippen MR) is 70.2 cm³/mol. The van der Waals surface area contributed by atoms with Crippen LogP contribution in [-0.4, -0.2) is 36.0 Å². The van der Waals surface area contributed by atoms with Crippen LogP contribution in [-0.2, 0) is 11.3 Å².